The van der Waals surface area contributed by atoms with Gasteiger partial charge in [-0.15, -0.1) is 0 Å². The lowest BCUT2D eigenvalue weighted by molar-refractivity contribution is 0.0696. The molecule has 0 amide bonds. The summed E-state index contributed by atoms with van der Waals surface area (Å²) in [4.78, 5) is 10.7. The van der Waals surface area contributed by atoms with Crippen LogP contribution in [0.1, 0.15) is 36.2 Å². The van der Waals surface area contributed by atoms with Crippen molar-refractivity contribution in [2.24, 2.45) is 0 Å². The van der Waals surface area contributed by atoms with E-state index in [1.807, 2.05) is 13.8 Å². The molecule has 0 aliphatic heterocycles. The number of carbonyl (C=O) groups is 1. The third-order valence-electron chi connectivity index (χ3n) is 2.55. The Morgan fingerprint density at radius 2 is 2.25 bits per heavy atom. The summed E-state index contributed by atoms with van der Waals surface area (Å²) in [6.45, 7) is 4.38. The van der Waals surface area contributed by atoms with Crippen LogP contribution >= 0.6 is 0 Å². The van der Waals surface area contributed by atoms with Crippen molar-refractivity contribution in [3.05, 3.63) is 35.1 Å². The maximum Gasteiger partial charge on any atom is 0.335 e. The third-order valence-corrected chi connectivity index (χ3v) is 2.55. The molecule has 0 radical (unpaired) electrons. The van der Waals surface area contributed by atoms with Gasteiger partial charge in [0.15, 0.2) is 0 Å². The van der Waals surface area contributed by atoms with E-state index >= 15 is 0 Å². The van der Waals surface area contributed by atoms with Crippen LogP contribution in [-0.2, 0) is 6.54 Å². The maximum atomic E-state index is 13.4. The molecule has 1 unspecified atom stereocenters. The van der Waals surface area contributed by atoms with E-state index in [0.29, 0.717) is 12.1 Å². The zero-order valence-corrected chi connectivity index (χ0v) is 9.46. The summed E-state index contributed by atoms with van der Waals surface area (Å²) in [5, 5.41) is 11.9. The number of hydrogen-bond acceptors (Lipinski definition) is 2. The normalized spacial score (nSPS) is 12.4. The molecule has 0 aliphatic carbocycles. The van der Waals surface area contributed by atoms with Gasteiger partial charge in [-0.25, -0.2) is 9.18 Å². The lowest BCUT2D eigenvalue weighted by Crippen LogP contribution is -2.25. The van der Waals surface area contributed by atoms with Crippen molar-refractivity contribution in [2.75, 3.05) is 0 Å². The Balaban J connectivity index is 2.78. The van der Waals surface area contributed by atoms with E-state index in [1.165, 1.54) is 18.2 Å². The number of aromatic carboxylic acids is 1. The average Bonchev–Trinajstić information content (AvgIpc) is 2.27. The first kappa shape index (κ1) is 12.6. The van der Waals surface area contributed by atoms with Gasteiger partial charge in [0, 0.05) is 18.2 Å². The maximum absolute atomic E-state index is 13.4. The van der Waals surface area contributed by atoms with Crippen LogP contribution in [-0.4, -0.2) is 17.1 Å². The molecular formula is C12H16FNO2. The lowest BCUT2D eigenvalue weighted by atomic mass is 10.1. The van der Waals surface area contributed by atoms with Gasteiger partial charge in [0.25, 0.3) is 0 Å². The molecule has 0 aliphatic rings. The summed E-state index contributed by atoms with van der Waals surface area (Å²) in [5.41, 5.74) is 0.502. The van der Waals surface area contributed by atoms with E-state index in [1.54, 1.807) is 0 Å². The van der Waals surface area contributed by atoms with Gasteiger partial charge in [0.2, 0.25) is 0 Å². The molecule has 1 atom stereocenters. The summed E-state index contributed by atoms with van der Waals surface area (Å²) >= 11 is 0. The fourth-order valence-corrected chi connectivity index (χ4v) is 1.27. The first-order valence-corrected chi connectivity index (χ1v) is 5.29. The van der Waals surface area contributed by atoms with E-state index in [4.69, 9.17) is 5.11 Å². The minimum atomic E-state index is -1.04. The minimum absolute atomic E-state index is 0.113. The summed E-state index contributed by atoms with van der Waals surface area (Å²) in [6, 6.07) is 4.11. The number of carboxylic acids is 1. The fourth-order valence-electron chi connectivity index (χ4n) is 1.27. The first-order chi connectivity index (χ1) is 7.54. The summed E-state index contributed by atoms with van der Waals surface area (Å²) < 4.78 is 13.4. The highest BCUT2D eigenvalue weighted by Gasteiger charge is 2.08. The van der Waals surface area contributed by atoms with Crippen LogP contribution in [0.25, 0.3) is 0 Å². The number of halogens is 1. The van der Waals surface area contributed by atoms with Crippen molar-refractivity contribution in [3.63, 3.8) is 0 Å². The highest BCUT2D eigenvalue weighted by molar-refractivity contribution is 5.87. The monoisotopic (exact) mass is 225 g/mol. The van der Waals surface area contributed by atoms with Crippen molar-refractivity contribution in [1.82, 2.24) is 5.32 Å². The number of rotatable bonds is 5. The van der Waals surface area contributed by atoms with Gasteiger partial charge < -0.3 is 10.4 Å². The van der Waals surface area contributed by atoms with Gasteiger partial charge >= 0.3 is 5.97 Å². The molecule has 0 saturated heterocycles. The smallest absolute Gasteiger partial charge is 0.335 e. The van der Waals surface area contributed by atoms with Gasteiger partial charge in [-0.05, 0) is 31.5 Å². The van der Waals surface area contributed by atoms with Crippen molar-refractivity contribution in [2.45, 2.75) is 32.9 Å². The summed E-state index contributed by atoms with van der Waals surface area (Å²) in [6.07, 6.45) is 0.945. The van der Waals surface area contributed by atoms with Crippen LogP contribution < -0.4 is 5.32 Å². The minimum Gasteiger partial charge on any atom is -0.478 e. The fraction of sp³-hybridized carbons (Fsp3) is 0.417. The Hall–Kier alpha value is -1.42. The quantitative estimate of drug-likeness (QED) is 0.809. The first-order valence-electron chi connectivity index (χ1n) is 5.29. The van der Waals surface area contributed by atoms with Gasteiger partial charge in [-0.1, -0.05) is 6.92 Å². The van der Waals surface area contributed by atoms with Crippen LogP contribution in [0.5, 0.6) is 0 Å². The van der Waals surface area contributed by atoms with Gasteiger partial charge in [0.05, 0.1) is 5.56 Å². The molecule has 2 N–H and O–H groups in total. The third kappa shape index (κ3) is 3.31. The standard InChI is InChI=1S/C12H16FNO2/c1-3-8(2)14-7-10-6-9(12(15)16)4-5-11(10)13/h4-6,8,14H,3,7H2,1-2H3,(H,15,16). The molecule has 0 heterocycles. The molecular weight excluding hydrogens is 209 g/mol. The van der Waals surface area contributed by atoms with E-state index in [-0.39, 0.29) is 17.4 Å². The summed E-state index contributed by atoms with van der Waals surface area (Å²) in [7, 11) is 0. The van der Waals surface area contributed by atoms with Crippen LogP contribution in [0, 0.1) is 5.82 Å². The van der Waals surface area contributed by atoms with E-state index in [9.17, 15) is 9.18 Å². The van der Waals surface area contributed by atoms with Crippen molar-refractivity contribution in [1.29, 1.82) is 0 Å². The van der Waals surface area contributed by atoms with Gasteiger partial charge in [-0.2, -0.15) is 0 Å². The highest BCUT2D eigenvalue weighted by Crippen LogP contribution is 2.11. The zero-order valence-electron chi connectivity index (χ0n) is 9.46. The van der Waals surface area contributed by atoms with E-state index in [2.05, 4.69) is 5.32 Å². The molecule has 0 bridgehead atoms. The average molecular weight is 225 g/mol. The largest absolute Gasteiger partial charge is 0.478 e. The SMILES string of the molecule is CCC(C)NCc1cc(C(=O)O)ccc1F. The second kappa shape index (κ2) is 5.61. The Morgan fingerprint density at radius 1 is 1.56 bits per heavy atom. The molecule has 88 valence electrons. The molecule has 16 heavy (non-hydrogen) atoms. The summed E-state index contributed by atoms with van der Waals surface area (Å²) in [5.74, 6) is -1.41. The van der Waals surface area contributed by atoms with Crippen molar-refractivity contribution < 1.29 is 14.3 Å². The van der Waals surface area contributed by atoms with E-state index in [0.717, 1.165) is 6.42 Å². The van der Waals surface area contributed by atoms with Gasteiger partial charge in [0.1, 0.15) is 5.82 Å². The molecule has 1 aromatic rings. The second-order valence-electron chi connectivity index (χ2n) is 3.80. The zero-order chi connectivity index (χ0) is 12.1. The predicted molar refractivity (Wildman–Crippen MR) is 60.0 cm³/mol. The highest BCUT2D eigenvalue weighted by atomic mass is 19.1. The molecule has 3 nitrogen and oxygen atoms in total. The van der Waals surface area contributed by atoms with Crippen LogP contribution in [0.3, 0.4) is 0 Å². The molecule has 0 fully saturated rings. The van der Waals surface area contributed by atoms with Crippen LogP contribution in [0.2, 0.25) is 0 Å². The Morgan fingerprint density at radius 3 is 2.81 bits per heavy atom. The topological polar surface area (TPSA) is 49.3 Å². The molecule has 4 heteroatoms. The number of hydrogen-bond donors (Lipinski definition) is 2. The molecule has 1 aromatic carbocycles. The van der Waals surface area contributed by atoms with Crippen LogP contribution in [0.15, 0.2) is 18.2 Å². The Labute approximate surface area is 94.3 Å². The number of benzene rings is 1. The molecule has 0 saturated carbocycles. The second-order valence-corrected chi connectivity index (χ2v) is 3.80. The van der Waals surface area contributed by atoms with Crippen molar-refractivity contribution >= 4 is 5.97 Å². The number of carboxylic acid groups (broad SMARTS) is 1. The number of nitrogens with one attached hydrogen (secondary N) is 1. The molecule has 0 spiro atoms. The van der Waals surface area contributed by atoms with Crippen LogP contribution in [0.4, 0.5) is 4.39 Å². The molecule has 0 aromatic heterocycles. The lowest BCUT2D eigenvalue weighted by Gasteiger charge is -2.12. The molecule has 1 rings (SSSR count). The van der Waals surface area contributed by atoms with E-state index < -0.39 is 5.97 Å². The predicted octanol–water partition coefficient (Wildman–Crippen LogP) is 2.41. The van der Waals surface area contributed by atoms with Gasteiger partial charge in [-0.3, -0.25) is 0 Å². The Bertz CT molecular complexity index is 379. The Kier molecular flexibility index (Phi) is 4.43. The van der Waals surface area contributed by atoms with Crippen molar-refractivity contribution in [3.8, 4) is 0 Å².